The Kier molecular flexibility index (Phi) is 5.38. The molecule has 9 heteroatoms. The molecule has 1 heterocycles. The molecule has 0 fully saturated rings. The standard InChI is InChI=1S/C22H17F2N3O3S/c23-16-8-9-20(19(24)13-16)27-22(28)18-7-2-1-6-17(18)21(26-27)15-5-3-4-14(12-15)10-11-31(25,29)30/h1-9,12-13H,10-11H2,(H2,25,29,30). The molecule has 0 saturated heterocycles. The first kappa shape index (κ1) is 20.8. The number of nitrogens with zero attached hydrogens (tertiary/aromatic N) is 2. The number of benzene rings is 3. The Morgan fingerprint density at radius 3 is 2.39 bits per heavy atom. The van der Waals surface area contributed by atoms with Crippen LogP contribution >= 0.6 is 0 Å². The second-order valence-corrected chi connectivity index (χ2v) is 8.76. The molecule has 4 rings (SSSR count). The van der Waals surface area contributed by atoms with Gasteiger partial charge in [0.2, 0.25) is 10.0 Å². The summed E-state index contributed by atoms with van der Waals surface area (Å²) in [6.45, 7) is 0. The minimum Gasteiger partial charge on any atom is -0.267 e. The van der Waals surface area contributed by atoms with Crippen molar-refractivity contribution in [3.05, 3.63) is 94.3 Å². The predicted octanol–water partition coefficient (Wildman–Crippen LogP) is 3.16. The Hall–Kier alpha value is -3.43. The lowest BCUT2D eigenvalue weighted by Crippen LogP contribution is -2.23. The van der Waals surface area contributed by atoms with Gasteiger partial charge in [-0.25, -0.2) is 22.3 Å². The molecule has 0 radical (unpaired) electrons. The number of primary sulfonamides is 1. The van der Waals surface area contributed by atoms with Crippen molar-refractivity contribution in [1.29, 1.82) is 0 Å². The van der Waals surface area contributed by atoms with Crippen LogP contribution in [0.4, 0.5) is 8.78 Å². The van der Waals surface area contributed by atoms with Gasteiger partial charge >= 0.3 is 0 Å². The van der Waals surface area contributed by atoms with Crippen molar-refractivity contribution in [2.45, 2.75) is 6.42 Å². The first-order valence-corrected chi connectivity index (χ1v) is 11.0. The summed E-state index contributed by atoms with van der Waals surface area (Å²) in [5.41, 5.74) is 0.998. The van der Waals surface area contributed by atoms with Crippen LogP contribution in [-0.4, -0.2) is 24.0 Å². The fraction of sp³-hybridized carbons (Fsp3) is 0.0909. The van der Waals surface area contributed by atoms with Gasteiger partial charge in [-0.1, -0.05) is 36.4 Å². The molecule has 31 heavy (non-hydrogen) atoms. The number of nitrogens with two attached hydrogens (primary N) is 1. The van der Waals surface area contributed by atoms with E-state index in [0.717, 1.165) is 16.8 Å². The molecule has 0 amide bonds. The number of rotatable bonds is 5. The maximum atomic E-state index is 14.4. The van der Waals surface area contributed by atoms with Crippen LogP contribution in [0.2, 0.25) is 0 Å². The summed E-state index contributed by atoms with van der Waals surface area (Å²) in [5.74, 6) is -1.90. The zero-order valence-electron chi connectivity index (χ0n) is 16.1. The molecule has 0 unspecified atom stereocenters. The topological polar surface area (TPSA) is 95.1 Å². The van der Waals surface area contributed by atoms with Gasteiger partial charge in [0.15, 0.2) is 5.82 Å². The van der Waals surface area contributed by atoms with Crippen LogP contribution in [0.3, 0.4) is 0 Å². The SMILES string of the molecule is NS(=O)(=O)CCc1cccc(-c2nn(-c3ccc(F)cc3F)c(=O)c3ccccc23)c1. The van der Waals surface area contributed by atoms with Crippen molar-refractivity contribution in [2.24, 2.45) is 5.14 Å². The minimum absolute atomic E-state index is 0.177. The van der Waals surface area contributed by atoms with Crippen LogP contribution in [0.15, 0.2) is 71.5 Å². The van der Waals surface area contributed by atoms with Gasteiger partial charge in [-0.15, -0.1) is 0 Å². The van der Waals surface area contributed by atoms with E-state index in [0.29, 0.717) is 33.7 Å². The molecule has 158 valence electrons. The molecular weight excluding hydrogens is 424 g/mol. The Morgan fingerprint density at radius 1 is 0.935 bits per heavy atom. The summed E-state index contributed by atoms with van der Waals surface area (Å²) in [4.78, 5) is 13.0. The van der Waals surface area contributed by atoms with E-state index >= 15 is 0 Å². The lowest BCUT2D eigenvalue weighted by molar-refractivity contribution is 0.571. The number of halogens is 2. The number of aryl methyl sites for hydroxylation is 1. The quantitative estimate of drug-likeness (QED) is 0.515. The van der Waals surface area contributed by atoms with E-state index < -0.39 is 27.2 Å². The van der Waals surface area contributed by atoms with E-state index in [1.165, 1.54) is 0 Å². The van der Waals surface area contributed by atoms with Crippen LogP contribution in [0.1, 0.15) is 5.56 Å². The Bertz CT molecular complexity index is 1470. The van der Waals surface area contributed by atoms with Crippen LogP contribution in [-0.2, 0) is 16.4 Å². The first-order chi connectivity index (χ1) is 14.7. The van der Waals surface area contributed by atoms with Gasteiger partial charge in [-0.05, 0) is 36.2 Å². The second-order valence-electron chi connectivity index (χ2n) is 7.02. The van der Waals surface area contributed by atoms with Gasteiger partial charge in [0.25, 0.3) is 5.56 Å². The van der Waals surface area contributed by atoms with Gasteiger partial charge < -0.3 is 0 Å². The Morgan fingerprint density at radius 2 is 1.68 bits per heavy atom. The zero-order chi connectivity index (χ0) is 22.2. The van der Waals surface area contributed by atoms with Crippen molar-refractivity contribution in [3.8, 4) is 16.9 Å². The van der Waals surface area contributed by atoms with Crippen LogP contribution in [0, 0.1) is 11.6 Å². The van der Waals surface area contributed by atoms with Crippen molar-refractivity contribution in [3.63, 3.8) is 0 Å². The number of hydrogen-bond donors (Lipinski definition) is 1. The first-order valence-electron chi connectivity index (χ1n) is 9.30. The fourth-order valence-corrected chi connectivity index (χ4v) is 3.87. The molecule has 2 N–H and O–H groups in total. The van der Waals surface area contributed by atoms with Crippen LogP contribution in [0.25, 0.3) is 27.7 Å². The summed E-state index contributed by atoms with van der Waals surface area (Å²) in [6.07, 6.45) is 0.205. The number of aromatic nitrogens is 2. The molecule has 0 spiro atoms. The molecule has 6 nitrogen and oxygen atoms in total. The molecule has 0 aliphatic rings. The number of fused-ring (bicyclic) bond motifs is 1. The van der Waals surface area contributed by atoms with Gasteiger partial charge in [-0.3, -0.25) is 4.79 Å². The van der Waals surface area contributed by atoms with Gasteiger partial charge in [0, 0.05) is 17.0 Å². The van der Waals surface area contributed by atoms with E-state index in [1.54, 1.807) is 48.5 Å². The minimum atomic E-state index is -3.62. The normalized spacial score (nSPS) is 11.7. The van der Waals surface area contributed by atoms with E-state index in [-0.39, 0.29) is 17.9 Å². The molecule has 0 saturated carbocycles. The van der Waals surface area contributed by atoms with Crippen LogP contribution in [0.5, 0.6) is 0 Å². The summed E-state index contributed by atoms with van der Waals surface area (Å²) in [7, 11) is -3.62. The Labute approximate surface area is 176 Å². The third-order valence-corrected chi connectivity index (χ3v) is 5.59. The lowest BCUT2D eigenvalue weighted by atomic mass is 10.0. The summed E-state index contributed by atoms with van der Waals surface area (Å²) in [6, 6.07) is 16.6. The van der Waals surface area contributed by atoms with E-state index in [4.69, 9.17) is 5.14 Å². The Balaban J connectivity index is 1.93. The van der Waals surface area contributed by atoms with Crippen molar-refractivity contribution in [1.82, 2.24) is 9.78 Å². The summed E-state index contributed by atoms with van der Waals surface area (Å²) >= 11 is 0. The highest BCUT2D eigenvalue weighted by Gasteiger charge is 2.16. The highest BCUT2D eigenvalue weighted by Crippen LogP contribution is 2.26. The van der Waals surface area contributed by atoms with Gasteiger partial charge in [0.05, 0.1) is 16.8 Å². The second kappa shape index (κ2) is 8.01. The van der Waals surface area contributed by atoms with E-state index in [9.17, 15) is 22.0 Å². The highest BCUT2D eigenvalue weighted by atomic mass is 32.2. The van der Waals surface area contributed by atoms with Gasteiger partial charge in [0.1, 0.15) is 11.5 Å². The third kappa shape index (κ3) is 4.37. The third-order valence-electron chi connectivity index (χ3n) is 4.82. The van der Waals surface area contributed by atoms with Gasteiger partial charge in [-0.2, -0.15) is 9.78 Å². The average molecular weight is 441 g/mol. The molecular formula is C22H17F2N3O3S. The maximum absolute atomic E-state index is 14.4. The molecule has 1 aromatic heterocycles. The molecule has 0 bridgehead atoms. The monoisotopic (exact) mass is 441 g/mol. The van der Waals surface area contributed by atoms with Crippen molar-refractivity contribution >= 4 is 20.8 Å². The molecule has 4 aromatic rings. The molecule has 0 atom stereocenters. The summed E-state index contributed by atoms with van der Waals surface area (Å²) in [5, 5.41) is 10.3. The largest absolute Gasteiger partial charge is 0.279 e. The predicted molar refractivity (Wildman–Crippen MR) is 114 cm³/mol. The smallest absolute Gasteiger partial charge is 0.267 e. The zero-order valence-corrected chi connectivity index (χ0v) is 16.9. The van der Waals surface area contributed by atoms with E-state index in [2.05, 4.69) is 5.10 Å². The van der Waals surface area contributed by atoms with Crippen molar-refractivity contribution < 1.29 is 17.2 Å². The number of hydrogen-bond acceptors (Lipinski definition) is 4. The average Bonchev–Trinajstić information content (AvgIpc) is 2.73. The molecule has 3 aromatic carbocycles. The van der Waals surface area contributed by atoms with Crippen molar-refractivity contribution in [2.75, 3.05) is 5.75 Å². The highest BCUT2D eigenvalue weighted by molar-refractivity contribution is 7.89. The van der Waals surface area contributed by atoms with Crippen LogP contribution < -0.4 is 10.7 Å². The molecule has 0 aliphatic heterocycles. The lowest BCUT2D eigenvalue weighted by Gasteiger charge is -2.13. The summed E-state index contributed by atoms with van der Waals surface area (Å²) < 4.78 is 51.3. The number of sulfonamides is 1. The van der Waals surface area contributed by atoms with E-state index in [1.807, 2.05) is 0 Å². The maximum Gasteiger partial charge on any atom is 0.279 e. The molecule has 0 aliphatic carbocycles. The fourth-order valence-electron chi connectivity index (χ4n) is 3.35.